The topological polar surface area (TPSA) is 99.9 Å². The lowest BCUT2D eigenvalue weighted by Crippen LogP contribution is -2.05. The molecule has 0 spiro atoms. The van der Waals surface area contributed by atoms with Crippen molar-refractivity contribution in [1.29, 1.82) is 0 Å². The minimum absolute atomic E-state index is 0.00235. The van der Waals surface area contributed by atoms with E-state index in [4.69, 9.17) is 17.3 Å². The van der Waals surface area contributed by atoms with Crippen LogP contribution in [0.1, 0.15) is 5.56 Å². The smallest absolute Gasteiger partial charge is 0.383 e. The average molecular weight is 254 g/mol. The molecule has 2 N–H and O–H groups in total. The number of rotatable bonds is 3. The summed E-state index contributed by atoms with van der Waals surface area (Å²) >= 11 is 5.67. The Bertz CT molecular complexity index is 568. The van der Waals surface area contributed by atoms with Crippen LogP contribution >= 0.6 is 11.6 Å². The molecule has 0 aliphatic carbocycles. The minimum Gasteiger partial charge on any atom is -0.383 e. The molecule has 2 aromatic rings. The zero-order valence-corrected chi connectivity index (χ0v) is 9.33. The van der Waals surface area contributed by atoms with Crippen LogP contribution in [-0.4, -0.2) is 19.7 Å². The fourth-order valence-electron chi connectivity index (χ4n) is 1.35. The molecular weight excluding hydrogens is 246 g/mol. The molecule has 8 heteroatoms. The fourth-order valence-corrected chi connectivity index (χ4v) is 1.57. The molecule has 7 nitrogen and oxygen atoms in total. The Balaban J connectivity index is 2.28. The van der Waals surface area contributed by atoms with Crippen LogP contribution < -0.4 is 5.73 Å². The standard InChI is InChI=1S/C9H8ClN5O2/c10-7-5-14(13-9(7)15(16)17)4-6-2-1-3-12-8(6)11/h1-3,5H,4H2,(H2,11,12). The van der Waals surface area contributed by atoms with E-state index in [2.05, 4.69) is 10.1 Å². The molecule has 0 aliphatic rings. The Morgan fingerprint density at radius 3 is 2.94 bits per heavy atom. The zero-order valence-electron chi connectivity index (χ0n) is 8.58. The van der Waals surface area contributed by atoms with Crippen molar-refractivity contribution in [2.75, 3.05) is 5.73 Å². The third kappa shape index (κ3) is 2.34. The zero-order chi connectivity index (χ0) is 12.4. The number of nitro groups is 1. The second-order valence-corrected chi connectivity index (χ2v) is 3.71. The van der Waals surface area contributed by atoms with Crippen LogP contribution in [0.4, 0.5) is 11.6 Å². The molecule has 0 radical (unpaired) electrons. The summed E-state index contributed by atoms with van der Waals surface area (Å²) in [5.74, 6) is -0.00379. The molecule has 0 amide bonds. The van der Waals surface area contributed by atoms with E-state index in [1.807, 2.05) is 0 Å². The first-order valence-electron chi connectivity index (χ1n) is 4.64. The molecule has 0 atom stereocenters. The van der Waals surface area contributed by atoms with Gasteiger partial charge in [0.2, 0.25) is 0 Å². The van der Waals surface area contributed by atoms with Gasteiger partial charge in [0.1, 0.15) is 5.82 Å². The first-order chi connectivity index (χ1) is 8.08. The maximum atomic E-state index is 10.6. The van der Waals surface area contributed by atoms with Crippen molar-refractivity contribution in [2.24, 2.45) is 0 Å². The highest BCUT2D eigenvalue weighted by Crippen LogP contribution is 2.22. The maximum absolute atomic E-state index is 10.6. The quantitative estimate of drug-likeness (QED) is 0.659. The van der Waals surface area contributed by atoms with Crippen molar-refractivity contribution >= 4 is 23.2 Å². The Morgan fingerprint density at radius 2 is 2.35 bits per heavy atom. The highest BCUT2D eigenvalue weighted by Gasteiger charge is 2.19. The van der Waals surface area contributed by atoms with Crippen molar-refractivity contribution in [2.45, 2.75) is 6.54 Å². The Morgan fingerprint density at radius 1 is 1.59 bits per heavy atom. The van der Waals surface area contributed by atoms with E-state index < -0.39 is 4.92 Å². The third-order valence-electron chi connectivity index (χ3n) is 2.13. The van der Waals surface area contributed by atoms with E-state index in [1.54, 1.807) is 18.3 Å². The number of nitrogens with zero attached hydrogens (tertiary/aromatic N) is 4. The number of nitrogens with two attached hydrogens (primary N) is 1. The molecule has 0 aliphatic heterocycles. The van der Waals surface area contributed by atoms with Crippen molar-refractivity contribution in [3.63, 3.8) is 0 Å². The van der Waals surface area contributed by atoms with Gasteiger partial charge in [-0.2, -0.15) is 4.68 Å². The van der Waals surface area contributed by atoms with Gasteiger partial charge < -0.3 is 15.8 Å². The summed E-state index contributed by atoms with van der Waals surface area (Å²) in [5.41, 5.74) is 6.38. The second kappa shape index (κ2) is 4.38. The molecule has 17 heavy (non-hydrogen) atoms. The fraction of sp³-hybridized carbons (Fsp3) is 0.111. The number of anilines is 1. The molecule has 2 rings (SSSR count). The van der Waals surface area contributed by atoms with E-state index in [0.29, 0.717) is 5.82 Å². The van der Waals surface area contributed by atoms with Crippen LogP contribution in [0, 0.1) is 10.1 Å². The van der Waals surface area contributed by atoms with Gasteiger partial charge in [-0.05, 0) is 11.0 Å². The maximum Gasteiger partial charge on any atom is 0.408 e. The molecule has 0 aromatic carbocycles. The van der Waals surface area contributed by atoms with E-state index in [-0.39, 0.29) is 17.4 Å². The van der Waals surface area contributed by atoms with Gasteiger partial charge in [0.05, 0.1) is 17.8 Å². The summed E-state index contributed by atoms with van der Waals surface area (Å²) < 4.78 is 1.36. The van der Waals surface area contributed by atoms with Crippen molar-refractivity contribution < 1.29 is 4.92 Å². The lowest BCUT2D eigenvalue weighted by atomic mass is 10.2. The van der Waals surface area contributed by atoms with Crippen LogP contribution in [0.3, 0.4) is 0 Å². The second-order valence-electron chi connectivity index (χ2n) is 3.30. The van der Waals surface area contributed by atoms with Gasteiger partial charge in [0, 0.05) is 11.8 Å². The first-order valence-corrected chi connectivity index (χ1v) is 5.02. The molecule has 0 unspecified atom stereocenters. The van der Waals surface area contributed by atoms with Gasteiger partial charge in [-0.25, -0.2) is 4.98 Å². The minimum atomic E-state index is -0.633. The summed E-state index contributed by atoms with van der Waals surface area (Å²) in [6.45, 7) is 0.285. The molecular formula is C9H8ClN5O2. The Labute approximate surface area is 101 Å². The van der Waals surface area contributed by atoms with Crippen molar-refractivity contribution in [1.82, 2.24) is 14.8 Å². The number of aromatic nitrogens is 3. The summed E-state index contributed by atoms with van der Waals surface area (Å²) in [4.78, 5) is 13.8. The van der Waals surface area contributed by atoms with Crippen LogP contribution in [0.2, 0.25) is 5.02 Å². The number of hydrogen-bond acceptors (Lipinski definition) is 5. The summed E-state index contributed by atoms with van der Waals surface area (Å²) in [6.07, 6.45) is 2.95. The molecule has 88 valence electrons. The number of halogens is 1. The molecule has 0 saturated heterocycles. The lowest BCUT2D eigenvalue weighted by molar-refractivity contribution is -0.389. The number of hydrogen-bond donors (Lipinski definition) is 1. The Hall–Kier alpha value is -2.15. The number of pyridine rings is 1. The van der Waals surface area contributed by atoms with Gasteiger partial charge in [0.25, 0.3) is 0 Å². The largest absolute Gasteiger partial charge is 0.408 e. The Kier molecular flexibility index (Phi) is 2.92. The van der Waals surface area contributed by atoms with Gasteiger partial charge in [-0.15, -0.1) is 0 Å². The highest BCUT2D eigenvalue weighted by molar-refractivity contribution is 6.32. The van der Waals surface area contributed by atoms with Crippen LogP contribution in [0.5, 0.6) is 0 Å². The molecule has 0 saturated carbocycles. The molecule has 0 bridgehead atoms. The van der Waals surface area contributed by atoms with Crippen molar-refractivity contribution in [3.8, 4) is 0 Å². The van der Waals surface area contributed by atoms with E-state index in [1.165, 1.54) is 10.9 Å². The van der Waals surface area contributed by atoms with Crippen LogP contribution in [0.25, 0.3) is 0 Å². The van der Waals surface area contributed by atoms with Crippen LogP contribution in [-0.2, 0) is 6.54 Å². The van der Waals surface area contributed by atoms with Gasteiger partial charge in [-0.3, -0.25) is 0 Å². The molecule has 0 fully saturated rings. The van der Waals surface area contributed by atoms with E-state index in [0.717, 1.165) is 5.56 Å². The van der Waals surface area contributed by atoms with Gasteiger partial charge in [-0.1, -0.05) is 17.7 Å². The lowest BCUT2D eigenvalue weighted by Gasteiger charge is -2.00. The normalized spacial score (nSPS) is 10.4. The van der Waals surface area contributed by atoms with E-state index >= 15 is 0 Å². The first kappa shape index (κ1) is 11.3. The van der Waals surface area contributed by atoms with Crippen LogP contribution in [0.15, 0.2) is 24.5 Å². The monoisotopic (exact) mass is 253 g/mol. The van der Waals surface area contributed by atoms with E-state index in [9.17, 15) is 10.1 Å². The van der Waals surface area contributed by atoms with Crippen molar-refractivity contribution in [3.05, 3.63) is 45.2 Å². The summed E-state index contributed by atoms with van der Waals surface area (Å²) in [7, 11) is 0. The van der Waals surface area contributed by atoms with Gasteiger partial charge >= 0.3 is 5.82 Å². The number of nitrogen functional groups attached to an aromatic ring is 1. The molecule has 2 heterocycles. The highest BCUT2D eigenvalue weighted by atomic mass is 35.5. The van der Waals surface area contributed by atoms with Gasteiger partial charge in [0.15, 0.2) is 5.02 Å². The third-order valence-corrected chi connectivity index (χ3v) is 2.40. The predicted molar refractivity (Wildman–Crippen MR) is 61.6 cm³/mol. The average Bonchev–Trinajstić information content (AvgIpc) is 2.63. The molecule has 2 aromatic heterocycles. The summed E-state index contributed by atoms with van der Waals surface area (Å²) in [5, 5.41) is 14.3. The predicted octanol–water partition coefficient (Wildman–Crippen LogP) is 1.47. The summed E-state index contributed by atoms with van der Waals surface area (Å²) in [6, 6.07) is 3.50. The SMILES string of the molecule is Nc1ncccc1Cn1cc(Cl)c([N+](=O)[O-])n1.